The molecule has 0 aliphatic carbocycles. The summed E-state index contributed by atoms with van der Waals surface area (Å²) in [5.74, 6) is -0.195. The fourth-order valence-corrected chi connectivity index (χ4v) is 1.92. The van der Waals surface area contributed by atoms with Gasteiger partial charge in [-0.25, -0.2) is 0 Å². The summed E-state index contributed by atoms with van der Waals surface area (Å²) < 4.78 is 10.4. The van der Waals surface area contributed by atoms with Crippen LogP contribution in [-0.2, 0) is 11.2 Å². The fourth-order valence-electron chi connectivity index (χ4n) is 1.66. The van der Waals surface area contributed by atoms with Crippen molar-refractivity contribution in [1.82, 2.24) is 0 Å². The molecule has 0 aromatic heterocycles. The molecule has 0 saturated heterocycles. The second kappa shape index (κ2) is 4.63. The lowest BCUT2D eigenvalue weighted by molar-refractivity contribution is -0.136. The van der Waals surface area contributed by atoms with E-state index in [4.69, 9.17) is 26.2 Å². The van der Waals surface area contributed by atoms with Crippen molar-refractivity contribution < 1.29 is 24.2 Å². The van der Waals surface area contributed by atoms with E-state index < -0.39 is 5.97 Å². The normalized spacial score (nSPS) is 12.5. The first-order valence-corrected chi connectivity index (χ1v) is 5.29. The van der Waals surface area contributed by atoms with E-state index in [0.29, 0.717) is 23.3 Å². The first kappa shape index (κ1) is 11.7. The first-order valence-electron chi connectivity index (χ1n) is 4.91. The van der Waals surface area contributed by atoms with Crippen molar-refractivity contribution in [2.45, 2.75) is 12.8 Å². The van der Waals surface area contributed by atoms with Gasteiger partial charge in [-0.15, -0.1) is 0 Å². The summed E-state index contributed by atoms with van der Waals surface area (Å²) in [5, 5.41) is 8.87. The van der Waals surface area contributed by atoms with Gasteiger partial charge in [-0.1, -0.05) is 11.6 Å². The van der Waals surface area contributed by atoms with Gasteiger partial charge in [0, 0.05) is 12.0 Å². The van der Waals surface area contributed by atoms with E-state index in [2.05, 4.69) is 0 Å². The standard InChI is InChI=1S/C11H9ClO5/c12-8-3-6(1-2-9(14)15)10-11(7(8)4-13)17-5-16-10/h3-4H,1-2,5H2,(H,14,15). The molecule has 1 heterocycles. The highest BCUT2D eigenvalue weighted by Gasteiger charge is 2.24. The number of aldehydes is 1. The van der Waals surface area contributed by atoms with Crippen molar-refractivity contribution in [2.24, 2.45) is 0 Å². The van der Waals surface area contributed by atoms with Crippen LogP contribution in [0.4, 0.5) is 0 Å². The van der Waals surface area contributed by atoms with Crippen molar-refractivity contribution in [1.29, 1.82) is 0 Å². The van der Waals surface area contributed by atoms with Crippen LogP contribution < -0.4 is 9.47 Å². The molecule has 0 unspecified atom stereocenters. The predicted octanol–water partition coefficient (Wildman–Crippen LogP) is 1.90. The largest absolute Gasteiger partial charge is 0.481 e. The zero-order chi connectivity index (χ0) is 12.4. The third kappa shape index (κ3) is 2.19. The number of hydrogen-bond donors (Lipinski definition) is 1. The maximum atomic E-state index is 10.9. The molecule has 1 N–H and O–H groups in total. The summed E-state index contributed by atoms with van der Waals surface area (Å²) in [4.78, 5) is 21.4. The number of ether oxygens (including phenoxy) is 2. The molecule has 0 radical (unpaired) electrons. The number of rotatable bonds is 4. The van der Waals surface area contributed by atoms with Crippen molar-refractivity contribution in [2.75, 3.05) is 6.79 Å². The van der Waals surface area contributed by atoms with Gasteiger partial charge < -0.3 is 14.6 Å². The van der Waals surface area contributed by atoms with E-state index in [-0.39, 0.29) is 30.2 Å². The molecule has 5 nitrogen and oxygen atoms in total. The molecule has 17 heavy (non-hydrogen) atoms. The van der Waals surface area contributed by atoms with Crippen molar-refractivity contribution in [3.8, 4) is 11.5 Å². The number of carbonyl (C=O) groups excluding carboxylic acids is 1. The molecule has 1 aromatic carbocycles. The second-order valence-electron chi connectivity index (χ2n) is 3.51. The number of halogens is 1. The average Bonchev–Trinajstić information content (AvgIpc) is 2.74. The molecule has 0 amide bonds. The van der Waals surface area contributed by atoms with Crippen molar-refractivity contribution in [3.63, 3.8) is 0 Å². The third-order valence-corrected chi connectivity index (χ3v) is 2.75. The third-order valence-electron chi connectivity index (χ3n) is 2.43. The molecule has 1 aliphatic heterocycles. The molecule has 0 atom stereocenters. The fraction of sp³-hybridized carbons (Fsp3) is 0.273. The monoisotopic (exact) mass is 256 g/mol. The van der Waals surface area contributed by atoms with E-state index in [1.54, 1.807) is 6.07 Å². The number of fused-ring (bicyclic) bond motifs is 1. The summed E-state index contributed by atoms with van der Waals surface area (Å²) in [5.41, 5.74) is 0.869. The van der Waals surface area contributed by atoms with Crippen molar-refractivity contribution >= 4 is 23.9 Å². The predicted molar refractivity (Wildman–Crippen MR) is 58.9 cm³/mol. The van der Waals surface area contributed by atoms with Crippen molar-refractivity contribution in [3.05, 3.63) is 22.2 Å². The van der Waals surface area contributed by atoms with Gasteiger partial charge in [0.2, 0.25) is 6.79 Å². The minimum absolute atomic E-state index is 0.0105. The zero-order valence-corrected chi connectivity index (χ0v) is 9.49. The van der Waals surface area contributed by atoms with E-state index >= 15 is 0 Å². The molecule has 1 aliphatic rings. The minimum atomic E-state index is -0.909. The Morgan fingerprint density at radius 2 is 2.18 bits per heavy atom. The number of benzene rings is 1. The number of aliphatic carboxylic acids is 1. The van der Waals surface area contributed by atoms with Crippen LogP contribution in [-0.4, -0.2) is 24.2 Å². The van der Waals surface area contributed by atoms with Crippen LogP contribution >= 0.6 is 11.6 Å². The topological polar surface area (TPSA) is 72.8 Å². The minimum Gasteiger partial charge on any atom is -0.481 e. The van der Waals surface area contributed by atoms with Gasteiger partial charge in [-0.2, -0.15) is 0 Å². The number of aryl methyl sites for hydroxylation is 1. The Labute approximate surface area is 102 Å². The van der Waals surface area contributed by atoms with Gasteiger partial charge in [-0.3, -0.25) is 9.59 Å². The number of carboxylic acid groups (broad SMARTS) is 1. The zero-order valence-electron chi connectivity index (χ0n) is 8.73. The molecule has 1 aromatic rings. The van der Waals surface area contributed by atoms with Crippen LogP contribution in [0.3, 0.4) is 0 Å². The number of hydrogen-bond acceptors (Lipinski definition) is 4. The van der Waals surface area contributed by atoms with E-state index in [0.717, 1.165) is 0 Å². The van der Waals surface area contributed by atoms with E-state index in [1.807, 2.05) is 0 Å². The van der Waals surface area contributed by atoms with E-state index in [9.17, 15) is 9.59 Å². The molecule has 6 heteroatoms. The Bertz CT molecular complexity index is 483. The molecule has 90 valence electrons. The lowest BCUT2D eigenvalue weighted by Crippen LogP contribution is -1.99. The van der Waals surface area contributed by atoms with Gasteiger partial charge in [0.15, 0.2) is 17.8 Å². The van der Waals surface area contributed by atoms with Crippen LogP contribution in [0.25, 0.3) is 0 Å². The highest BCUT2D eigenvalue weighted by Crippen LogP contribution is 2.42. The molecule has 0 spiro atoms. The van der Waals surface area contributed by atoms with Gasteiger partial charge in [0.1, 0.15) is 0 Å². The summed E-state index contributed by atoms with van der Waals surface area (Å²) in [6.07, 6.45) is 0.837. The van der Waals surface area contributed by atoms with Gasteiger partial charge in [-0.05, 0) is 12.5 Å². The number of carboxylic acids is 1. The summed E-state index contributed by atoms with van der Waals surface area (Å²) >= 11 is 5.91. The number of carbonyl (C=O) groups is 2. The average molecular weight is 257 g/mol. The van der Waals surface area contributed by atoms with Gasteiger partial charge in [0.05, 0.1) is 10.6 Å². The maximum Gasteiger partial charge on any atom is 0.303 e. The smallest absolute Gasteiger partial charge is 0.303 e. The Balaban J connectivity index is 2.41. The summed E-state index contributed by atoms with van der Waals surface area (Å²) in [7, 11) is 0. The first-order chi connectivity index (χ1) is 8.13. The second-order valence-corrected chi connectivity index (χ2v) is 3.91. The molecular weight excluding hydrogens is 248 g/mol. The Kier molecular flexibility index (Phi) is 3.19. The lowest BCUT2D eigenvalue weighted by atomic mass is 10.0. The highest BCUT2D eigenvalue weighted by atomic mass is 35.5. The lowest BCUT2D eigenvalue weighted by Gasteiger charge is -2.07. The summed E-state index contributed by atoms with van der Waals surface area (Å²) in [6.45, 7) is 0.0105. The van der Waals surface area contributed by atoms with Crippen LogP contribution in [0.2, 0.25) is 5.02 Å². The Morgan fingerprint density at radius 1 is 1.47 bits per heavy atom. The highest BCUT2D eigenvalue weighted by molar-refractivity contribution is 6.33. The quantitative estimate of drug-likeness (QED) is 0.833. The maximum absolute atomic E-state index is 10.9. The van der Waals surface area contributed by atoms with Gasteiger partial charge >= 0.3 is 5.97 Å². The molecular formula is C11H9ClO5. The van der Waals surface area contributed by atoms with Crippen LogP contribution in [0.1, 0.15) is 22.3 Å². The van der Waals surface area contributed by atoms with E-state index in [1.165, 1.54) is 0 Å². The van der Waals surface area contributed by atoms with Crippen LogP contribution in [0.5, 0.6) is 11.5 Å². The SMILES string of the molecule is O=Cc1c(Cl)cc(CCC(=O)O)c2c1OCO2. The van der Waals surface area contributed by atoms with Crippen LogP contribution in [0.15, 0.2) is 6.07 Å². The molecule has 2 rings (SSSR count). The molecule has 0 saturated carbocycles. The Morgan fingerprint density at radius 3 is 2.82 bits per heavy atom. The van der Waals surface area contributed by atoms with Crippen LogP contribution in [0, 0.1) is 0 Å². The Hall–Kier alpha value is -1.75. The summed E-state index contributed by atoms with van der Waals surface area (Å²) in [6, 6.07) is 1.54. The molecule has 0 fully saturated rings. The van der Waals surface area contributed by atoms with Gasteiger partial charge in [0.25, 0.3) is 0 Å². The molecule has 0 bridgehead atoms.